The summed E-state index contributed by atoms with van der Waals surface area (Å²) in [6.45, 7) is 5.96. The third kappa shape index (κ3) is 4.23. The number of amides is 1. The van der Waals surface area contributed by atoms with Gasteiger partial charge in [-0.15, -0.1) is 0 Å². The van der Waals surface area contributed by atoms with Crippen molar-refractivity contribution < 1.29 is 9.53 Å². The van der Waals surface area contributed by atoms with Crippen LogP contribution in [0.15, 0.2) is 0 Å². The highest BCUT2D eigenvalue weighted by atomic mass is 16.5. The van der Waals surface area contributed by atoms with Gasteiger partial charge in [0.1, 0.15) is 0 Å². The van der Waals surface area contributed by atoms with Gasteiger partial charge in [-0.3, -0.25) is 4.79 Å². The molecule has 5 nitrogen and oxygen atoms in total. The van der Waals surface area contributed by atoms with Gasteiger partial charge in [0.25, 0.3) is 0 Å². The first kappa shape index (κ1) is 13.8. The number of rotatable bonds is 5. The van der Waals surface area contributed by atoms with Crippen LogP contribution in [0.1, 0.15) is 19.3 Å². The summed E-state index contributed by atoms with van der Waals surface area (Å²) in [6.07, 6.45) is 3.80. The third-order valence-electron chi connectivity index (χ3n) is 3.80. The maximum absolute atomic E-state index is 11.9. The molecule has 2 aliphatic heterocycles. The molecule has 104 valence electrons. The molecular formula is C13H25N3O2. The third-order valence-corrected chi connectivity index (χ3v) is 3.80. The van der Waals surface area contributed by atoms with Gasteiger partial charge in [-0.25, -0.2) is 0 Å². The second kappa shape index (κ2) is 7.07. The van der Waals surface area contributed by atoms with Crippen LogP contribution in [0.2, 0.25) is 0 Å². The summed E-state index contributed by atoms with van der Waals surface area (Å²) >= 11 is 0. The number of hydrogen-bond acceptors (Lipinski definition) is 4. The summed E-state index contributed by atoms with van der Waals surface area (Å²) in [7, 11) is 2.10. The summed E-state index contributed by atoms with van der Waals surface area (Å²) < 4.78 is 5.55. The number of hydrogen-bond donors (Lipinski definition) is 1. The molecule has 1 atom stereocenters. The minimum atomic E-state index is 0.232. The lowest BCUT2D eigenvalue weighted by molar-refractivity contribution is -0.131. The van der Waals surface area contributed by atoms with Crippen molar-refractivity contribution in [2.75, 3.05) is 52.9 Å². The molecule has 1 amide bonds. The van der Waals surface area contributed by atoms with Gasteiger partial charge in [-0.2, -0.15) is 0 Å². The topological polar surface area (TPSA) is 44.8 Å². The molecule has 0 bridgehead atoms. The summed E-state index contributed by atoms with van der Waals surface area (Å²) in [5.41, 5.74) is 0. The van der Waals surface area contributed by atoms with Crippen molar-refractivity contribution in [2.24, 2.45) is 0 Å². The number of nitrogens with one attached hydrogen (secondary N) is 1. The highest BCUT2D eigenvalue weighted by molar-refractivity contribution is 5.78. The number of nitrogens with zero attached hydrogens (tertiary/aromatic N) is 2. The number of carbonyl (C=O) groups is 1. The molecule has 0 aromatic rings. The maximum Gasteiger partial charge on any atom is 0.236 e. The maximum atomic E-state index is 11.9. The first-order valence-electron chi connectivity index (χ1n) is 7.04. The second-order valence-electron chi connectivity index (χ2n) is 5.28. The molecule has 0 aliphatic carbocycles. The largest absolute Gasteiger partial charge is 0.378 e. The van der Waals surface area contributed by atoms with Crippen molar-refractivity contribution in [3.63, 3.8) is 0 Å². The van der Waals surface area contributed by atoms with Crippen molar-refractivity contribution in [3.05, 3.63) is 0 Å². The highest BCUT2D eigenvalue weighted by Gasteiger charge is 2.19. The molecule has 5 heteroatoms. The molecule has 2 rings (SSSR count). The zero-order valence-corrected chi connectivity index (χ0v) is 11.4. The molecular weight excluding hydrogens is 230 g/mol. The van der Waals surface area contributed by atoms with E-state index in [-0.39, 0.29) is 5.91 Å². The Morgan fingerprint density at radius 1 is 1.33 bits per heavy atom. The molecule has 18 heavy (non-hydrogen) atoms. The summed E-state index contributed by atoms with van der Waals surface area (Å²) in [5.74, 6) is 0.232. The first-order chi connectivity index (χ1) is 8.75. The molecule has 0 aromatic heterocycles. The van der Waals surface area contributed by atoms with Crippen molar-refractivity contribution >= 4 is 5.91 Å². The standard InChI is InChI=1S/C13H25N3O2/c1-15-6-8-16(9-7-15)13(17)11-14-5-4-12-3-2-10-18-12/h12,14H,2-11H2,1H3. The predicted octanol–water partition coefficient (Wildman–Crippen LogP) is -0.0809. The molecule has 1 unspecified atom stereocenters. The Hall–Kier alpha value is -0.650. The van der Waals surface area contributed by atoms with E-state index in [4.69, 9.17) is 4.74 Å². The number of ether oxygens (including phenoxy) is 1. The summed E-state index contributed by atoms with van der Waals surface area (Å²) in [5, 5.41) is 3.24. The van der Waals surface area contributed by atoms with Gasteiger partial charge in [-0.05, 0) is 32.9 Å². The summed E-state index contributed by atoms with van der Waals surface area (Å²) in [6, 6.07) is 0. The highest BCUT2D eigenvalue weighted by Crippen LogP contribution is 2.14. The number of likely N-dealkylation sites (N-methyl/N-ethyl adjacent to an activating group) is 1. The lowest BCUT2D eigenvalue weighted by Crippen LogP contribution is -2.49. The number of carbonyl (C=O) groups excluding carboxylic acids is 1. The van der Waals surface area contributed by atoms with Crippen LogP contribution in [-0.2, 0) is 9.53 Å². The Balaban J connectivity index is 1.54. The van der Waals surface area contributed by atoms with Gasteiger partial charge < -0.3 is 19.9 Å². The van der Waals surface area contributed by atoms with Gasteiger partial charge in [-0.1, -0.05) is 0 Å². The van der Waals surface area contributed by atoms with Crippen LogP contribution in [0, 0.1) is 0 Å². The average Bonchev–Trinajstić information content (AvgIpc) is 2.88. The fourth-order valence-corrected chi connectivity index (χ4v) is 2.50. The number of piperazine rings is 1. The Morgan fingerprint density at radius 3 is 2.78 bits per heavy atom. The van der Waals surface area contributed by atoms with Crippen molar-refractivity contribution in [1.29, 1.82) is 0 Å². The molecule has 0 spiro atoms. The van der Waals surface area contributed by atoms with Crippen LogP contribution < -0.4 is 5.32 Å². The minimum Gasteiger partial charge on any atom is -0.378 e. The van der Waals surface area contributed by atoms with E-state index in [1.165, 1.54) is 12.8 Å². The van der Waals surface area contributed by atoms with E-state index in [1.807, 2.05) is 4.90 Å². The van der Waals surface area contributed by atoms with Crippen LogP contribution in [0.5, 0.6) is 0 Å². The average molecular weight is 255 g/mol. The normalized spacial score (nSPS) is 25.6. The van der Waals surface area contributed by atoms with Gasteiger partial charge in [0, 0.05) is 32.8 Å². The lowest BCUT2D eigenvalue weighted by atomic mass is 10.2. The molecule has 0 saturated carbocycles. The Morgan fingerprint density at radius 2 is 2.11 bits per heavy atom. The Kier molecular flexibility index (Phi) is 5.41. The van der Waals surface area contributed by atoms with E-state index in [2.05, 4.69) is 17.3 Å². The quantitative estimate of drug-likeness (QED) is 0.698. The van der Waals surface area contributed by atoms with Crippen LogP contribution in [0.3, 0.4) is 0 Å². The van der Waals surface area contributed by atoms with Crippen molar-refractivity contribution in [1.82, 2.24) is 15.1 Å². The first-order valence-corrected chi connectivity index (χ1v) is 7.04. The van der Waals surface area contributed by atoms with Crippen LogP contribution in [0.25, 0.3) is 0 Å². The summed E-state index contributed by atoms with van der Waals surface area (Å²) in [4.78, 5) is 16.1. The molecule has 2 saturated heterocycles. The van der Waals surface area contributed by atoms with E-state index in [1.54, 1.807) is 0 Å². The van der Waals surface area contributed by atoms with E-state index >= 15 is 0 Å². The zero-order valence-electron chi connectivity index (χ0n) is 11.4. The van der Waals surface area contributed by atoms with Crippen molar-refractivity contribution in [2.45, 2.75) is 25.4 Å². The smallest absolute Gasteiger partial charge is 0.236 e. The molecule has 1 N–H and O–H groups in total. The van der Waals surface area contributed by atoms with E-state index in [9.17, 15) is 4.79 Å². The molecule has 2 heterocycles. The van der Waals surface area contributed by atoms with Gasteiger partial charge in [0.2, 0.25) is 5.91 Å². The SMILES string of the molecule is CN1CCN(C(=O)CNCCC2CCCO2)CC1. The van der Waals surface area contributed by atoms with Gasteiger partial charge in [0.05, 0.1) is 12.6 Å². The fourth-order valence-electron chi connectivity index (χ4n) is 2.50. The Bertz CT molecular complexity index is 259. The van der Waals surface area contributed by atoms with E-state index in [0.29, 0.717) is 12.6 Å². The molecule has 2 fully saturated rings. The zero-order chi connectivity index (χ0) is 12.8. The second-order valence-corrected chi connectivity index (χ2v) is 5.28. The fraction of sp³-hybridized carbons (Fsp3) is 0.923. The molecule has 0 radical (unpaired) electrons. The van der Waals surface area contributed by atoms with Crippen LogP contribution in [-0.4, -0.2) is 74.7 Å². The molecule has 2 aliphatic rings. The predicted molar refractivity (Wildman–Crippen MR) is 70.5 cm³/mol. The van der Waals surface area contributed by atoms with Gasteiger partial charge >= 0.3 is 0 Å². The van der Waals surface area contributed by atoms with E-state index in [0.717, 1.165) is 45.8 Å². The minimum absolute atomic E-state index is 0.232. The van der Waals surface area contributed by atoms with E-state index < -0.39 is 0 Å². The molecule has 0 aromatic carbocycles. The van der Waals surface area contributed by atoms with Gasteiger partial charge in [0.15, 0.2) is 0 Å². The van der Waals surface area contributed by atoms with Crippen LogP contribution in [0.4, 0.5) is 0 Å². The lowest BCUT2D eigenvalue weighted by Gasteiger charge is -2.32. The monoisotopic (exact) mass is 255 g/mol. The van der Waals surface area contributed by atoms with Crippen molar-refractivity contribution in [3.8, 4) is 0 Å². The Labute approximate surface area is 109 Å². The van der Waals surface area contributed by atoms with Crippen LogP contribution >= 0.6 is 0 Å².